The van der Waals surface area contributed by atoms with Gasteiger partial charge in [-0.2, -0.15) is 0 Å². The SMILES string of the molecule is CC(C)CCC[C@@](C)(OCc1ccccc1)[C@H]1CC[C@H]2[C@@H]3CC=C4C[C@@H](O)CC[C@]4(C)[C@H]3CC[C@@]21C. The van der Waals surface area contributed by atoms with Gasteiger partial charge in [0.05, 0.1) is 18.3 Å². The van der Waals surface area contributed by atoms with Gasteiger partial charge < -0.3 is 9.84 Å². The zero-order chi connectivity index (χ0) is 25.6. The van der Waals surface area contributed by atoms with Crippen molar-refractivity contribution >= 4 is 0 Å². The molecule has 1 aromatic rings. The Morgan fingerprint density at radius 1 is 1.03 bits per heavy atom. The first-order chi connectivity index (χ1) is 17.2. The highest BCUT2D eigenvalue weighted by atomic mass is 16.5. The van der Waals surface area contributed by atoms with Crippen LogP contribution >= 0.6 is 0 Å². The van der Waals surface area contributed by atoms with Crippen LogP contribution in [0.3, 0.4) is 0 Å². The largest absolute Gasteiger partial charge is 0.393 e. The number of benzene rings is 1. The number of aliphatic hydroxyl groups is 1. The average molecular weight is 493 g/mol. The molecule has 0 saturated heterocycles. The molecule has 0 aromatic heterocycles. The van der Waals surface area contributed by atoms with Gasteiger partial charge in [0.1, 0.15) is 0 Å². The lowest BCUT2D eigenvalue weighted by Gasteiger charge is -2.59. The Labute approximate surface area is 221 Å². The van der Waals surface area contributed by atoms with Crippen LogP contribution in [-0.2, 0) is 11.3 Å². The van der Waals surface area contributed by atoms with E-state index in [-0.39, 0.29) is 11.7 Å². The highest BCUT2D eigenvalue weighted by Gasteiger charge is 2.61. The molecule has 3 fully saturated rings. The summed E-state index contributed by atoms with van der Waals surface area (Å²) in [5.41, 5.74) is 3.53. The minimum Gasteiger partial charge on any atom is -0.393 e. The number of hydrogen-bond acceptors (Lipinski definition) is 2. The van der Waals surface area contributed by atoms with E-state index in [1.165, 1.54) is 63.4 Å². The normalized spacial score (nSPS) is 39.6. The molecule has 36 heavy (non-hydrogen) atoms. The molecule has 3 saturated carbocycles. The van der Waals surface area contributed by atoms with E-state index < -0.39 is 0 Å². The summed E-state index contributed by atoms with van der Waals surface area (Å²) in [7, 11) is 0. The molecule has 200 valence electrons. The van der Waals surface area contributed by atoms with Crippen molar-refractivity contribution in [2.75, 3.05) is 0 Å². The van der Waals surface area contributed by atoms with Crippen molar-refractivity contribution < 1.29 is 9.84 Å². The van der Waals surface area contributed by atoms with Gasteiger partial charge in [0.25, 0.3) is 0 Å². The molecule has 0 aliphatic heterocycles. The number of allylic oxidation sites excluding steroid dienone is 1. The van der Waals surface area contributed by atoms with E-state index >= 15 is 0 Å². The molecule has 2 nitrogen and oxygen atoms in total. The molecule has 0 heterocycles. The quantitative estimate of drug-likeness (QED) is 0.368. The van der Waals surface area contributed by atoms with Crippen LogP contribution in [0.15, 0.2) is 42.0 Å². The molecule has 1 aromatic carbocycles. The Morgan fingerprint density at radius 3 is 2.56 bits per heavy atom. The molecule has 0 unspecified atom stereocenters. The number of rotatable bonds is 8. The molecule has 4 aliphatic rings. The molecular weight excluding hydrogens is 440 g/mol. The number of fused-ring (bicyclic) bond motifs is 5. The first-order valence-electron chi connectivity index (χ1n) is 15.2. The van der Waals surface area contributed by atoms with Crippen molar-refractivity contribution in [3.63, 3.8) is 0 Å². The highest BCUT2D eigenvalue weighted by Crippen LogP contribution is 2.68. The third-order valence-electron chi connectivity index (χ3n) is 11.7. The van der Waals surface area contributed by atoms with Gasteiger partial charge in [-0.1, -0.05) is 82.5 Å². The number of ether oxygens (including phenoxy) is 1. The van der Waals surface area contributed by atoms with E-state index in [1.54, 1.807) is 5.57 Å². The van der Waals surface area contributed by atoms with E-state index in [1.807, 2.05) is 0 Å². The van der Waals surface area contributed by atoms with Crippen molar-refractivity contribution in [2.24, 2.45) is 40.4 Å². The highest BCUT2D eigenvalue weighted by molar-refractivity contribution is 5.25. The van der Waals surface area contributed by atoms with Crippen molar-refractivity contribution in [3.05, 3.63) is 47.5 Å². The monoisotopic (exact) mass is 492 g/mol. The second kappa shape index (κ2) is 10.2. The molecule has 4 aliphatic carbocycles. The van der Waals surface area contributed by atoms with Crippen LogP contribution in [-0.4, -0.2) is 16.8 Å². The van der Waals surface area contributed by atoms with E-state index in [9.17, 15) is 5.11 Å². The Balaban J connectivity index is 1.38. The molecule has 8 atom stereocenters. The minimum atomic E-state index is -0.112. The standard InChI is InChI=1S/C34H52O2/c1-24(2)10-9-19-34(5,36-23-25-11-7-6-8-12-25)31-16-15-29-28-14-13-26-22-27(35)17-20-32(26,3)30(28)18-21-33(29,31)4/h6-8,11-13,24,27-31,35H,9-10,14-23H2,1-5H3/t27-,28-,29-,30-,31-,32-,33-,34+/m0/s1. The maximum atomic E-state index is 10.4. The van der Waals surface area contributed by atoms with Gasteiger partial charge in [0, 0.05) is 0 Å². The van der Waals surface area contributed by atoms with Crippen LogP contribution < -0.4 is 0 Å². The molecule has 0 spiro atoms. The summed E-state index contributed by atoms with van der Waals surface area (Å²) in [6.07, 6.45) is 15.9. The van der Waals surface area contributed by atoms with Gasteiger partial charge in [0.15, 0.2) is 0 Å². The van der Waals surface area contributed by atoms with E-state index in [4.69, 9.17) is 4.74 Å². The zero-order valence-electron chi connectivity index (χ0n) is 23.8. The second-order valence-corrected chi connectivity index (χ2v) is 14.2. The fourth-order valence-electron chi connectivity index (χ4n) is 9.68. The summed E-state index contributed by atoms with van der Waals surface area (Å²) in [6.45, 7) is 13.1. The van der Waals surface area contributed by atoms with Crippen LogP contribution in [0.1, 0.15) is 111 Å². The van der Waals surface area contributed by atoms with Crippen molar-refractivity contribution in [3.8, 4) is 0 Å². The Bertz CT molecular complexity index is 920. The van der Waals surface area contributed by atoms with Gasteiger partial charge in [-0.25, -0.2) is 0 Å². The first kappa shape index (κ1) is 26.5. The minimum absolute atomic E-state index is 0.0599. The lowest BCUT2D eigenvalue weighted by atomic mass is 9.46. The van der Waals surface area contributed by atoms with Gasteiger partial charge in [-0.3, -0.25) is 0 Å². The maximum Gasteiger partial charge on any atom is 0.0724 e. The first-order valence-corrected chi connectivity index (χ1v) is 15.2. The average Bonchev–Trinajstić information content (AvgIpc) is 3.22. The lowest BCUT2D eigenvalue weighted by Crippen LogP contribution is -2.53. The summed E-state index contributed by atoms with van der Waals surface area (Å²) in [6, 6.07) is 10.8. The summed E-state index contributed by atoms with van der Waals surface area (Å²) in [5.74, 6) is 3.82. The van der Waals surface area contributed by atoms with Gasteiger partial charge in [-0.05, 0) is 111 Å². The maximum absolute atomic E-state index is 10.4. The van der Waals surface area contributed by atoms with Gasteiger partial charge in [0.2, 0.25) is 0 Å². The van der Waals surface area contributed by atoms with Gasteiger partial charge >= 0.3 is 0 Å². The van der Waals surface area contributed by atoms with Crippen molar-refractivity contribution in [1.82, 2.24) is 0 Å². The van der Waals surface area contributed by atoms with E-state index in [2.05, 4.69) is 71.0 Å². The molecular formula is C34H52O2. The van der Waals surface area contributed by atoms with Crippen LogP contribution in [0.5, 0.6) is 0 Å². The zero-order valence-corrected chi connectivity index (χ0v) is 23.8. The van der Waals surface area contributed by atoms with E-state index in [0.717, 1.165) is 43.1 Å². The predicted molar refractivity (Wildman–Crippen MR) is 150 cm³/mol. The summed E-state index contributed by atoms with van der Waals surface area (Å²) in [4.78, 5) is 0. The molecule has 0 amide bonds. The summed E-state index contributed by atoms with van der Waals surface area (Å²) < 4.78 is 7.01. The fraction of sp³-hybridized carbons (Fsp3) is 0.765. The van der Waals surface area contributed by atoms with Crippen LogP contribution in [0.25, 0.3) is 0 Å². The van der Waals surface area contributed by atoms with Crippen LogP contribution in [0.2, 0.25) is 0 Å². The number of hydrogen-bond donors (Lipinski definition) is 1. The third kappa shape index (κ3) is 4.75. The number of aliphatic hydroxyl groups excluding tert-OH is 1. The Kier molecular flexibility index (Phi) is 7.52. The fourth-order valence-corrected chi connectivity index (χ4v) is 9.68. The summed E-state index contributed by atoms with van der Waals surface area (Å²) >= 11 is 0. The van der Waals surface area contributed by atoms with Gasteiger partial charge in [-0.15, -0.1) is 0 Å². The summed E-state index contributed by atoms with van der Waals surface area (Å²) in [5, 5.41) is 10.4. The van der Waals surface area contributed by atoms with Crippen molar-refractivity contribution in [2.45, 2.75) is 124 Å². The topological polar surface area (TPSA) is 29.5 Å². The molecule has 0 radical (unpaired) electrons. The van der Waals surface area contributed by atoms with Crippen molar-refractivity contribution in [1.29, 1.82) is 0 Å². The Hall–Kier alpha value is -1.12. The lowest BCUT2D eigenvalue weighted by molar-refractivity contribution is -0.142. The molecule has 5 rings (SSSR count). The van der Waals surface area contributed by atoms with Crippen LogP contribution in [0, 0.1) is 40.4 Å². The smallest absolute Gasteiger partial charge is 0.0724 e. The molecule has 2 heteroatoms. The van der Waals surface area contributed by atoms with Crippen LogP contribution in [0.4, 0.5) is 0 Å². The molecule has 1 N–H and O–H groups in total. The second-order valence-electron chi connectivity index (χ2n) is 14.2. The molecule has 0 bridgehead atoms. The van der Waals surface area contributed by atoms with E-state index in [0.29, 0.717) is 16.7 Å². The predicted octanol–water partition coefficient (Wildman–Crippen LogP) is 8.73. The Morgan fingerprint density at radius 2 is 1.81 bits per heavy atom. The third-order valence-corrected chi connectivity index (χ3v) is 11.7.